The van der Waals surface area contributed by atoms with Crippen LogP contribution in [0.3, 0.4) is 0 Å². The minimum absolute atomic E-state index is 0.155. The van der Waals surface area contributed by atoms with Gasteiger partial charge >= 0.3 is 11.8 Å². The summed E-state index contributed by atoms with van der Waals surface area (Å²) in [4.78, 5) is 50.2. The van der Waals surface area contributed by atoms with E-state index in [1.54, 1.807) is 47.3 Å². The molecule has 0 amide bonds. The minimum Gasteiger partial charge on any atom is -0.453 e. The predicted molar refractivity (Wildman–Crippen MR) is 151 cm³/mol. The number of nitrogens with zero attached hydrogens (tertiary/aromatic N) is 7. The van der Waals surface area contributed by atoms with Gasteiger partial charge in [-0.1, -0.05) is 11.6 Å². The van der Waals surface area contributed by atoms with Gasteiger partial charge in [0, 0.05) is 34.0 Å². The van der Waals surface area contributed by atoms with Crippen LogP contribution in [0.2, 0.25) is 5.02 Å². The van der Waals surface area contributed by atoms with E-state index in [1.165, 1.54) is 28.4 Å². The first-order chi connectivity index (χ1) is 20.8. The number of carbonyl (C=O) groups is 1. The number of aromatic amines is 1. The number of thiophene rings is 1. The zero-order chi connectivity index (χ0) is 29.7. The van der Waals surface area contributed by atoms with Crippen molar-refractivity contribution in [3.05, 3.63) is 102 Å². The third-order valence-electron chi connectivity index (χ3n) is 7.00. The number of hydrogen-bond acceptors (Lipinski definition) is 12. The highest BCUT2D eigenvalue weighted by atomic mass is 35.5. The number of halogens is 1. The fourth-order valence-electron chi connectivity index (χ4n) is 4.97. The lowest BCUT2D eigenvalue weighted by atomic mass is 10.1. The fraction of sp³-hybridized carbons (Fsp3) is 0.185. The molecule has 0 saturated carbocycles. The molecule has 0 spiro atoms. The van der Waals surface area contributed by atoms with Gasteiger partial charge in [0.2, 0.25) is 0 Å². The summed E-state index contributed by atoms with van der Waals surface area (Å²) in [5.74, 6) is 0.215. The molecule has 0 saturated heterocycles. The normalized spacial score (nSPS) is 14.2. The molecule has 0 aliphatic carbocycles. The summed E-state index contributed by atoms with van der Waals surface area (Å²) < 4.78 is 18.0. The van der Waals surface area contributed by atoms with Crippen LogP contribution in [0.25, 0.3) is 28.2 Å². The lowest BCUT2D eigenvalue weighted by Crippen LogP contribution is -2.25. The molecule has 6 heterocycles. The minimum atomic E-state index is -0.850. The number of H-pyrrole nitrogens is 1. The smallest absolute Gasteiger partial charge is 0.453 e. The van der Waals surface area contributed by atoms with E-state index in [2.05, 4.69) is 25.5 Å². The van der Waals surface area contributed by atoms with Crippen LogP contribution in [0, 0.1) is 6.92 Å². The molecular weight excluding hydrogens is 600 g/mol. The Labute approximate surface area is 249 Å². The second kappa shape index (κ2) is 10.6. The van der Waals surface area contributed by atoms with Gasteiger partial charge in [0.15, 0.2) is 18.1 Å². The average molecular weight is 619 g/mol. The maximum absolute atomic E-state index is 13.4. The summed E-state index contributed by atoms with van der Waals surface area (Å²) in [6, 6.07) is 8.02. The Kier molecular flexibility index (Phi) is 6.59. The number of fused-ring (bicyclic) bond motifs is 1. The summed E-state index contributed by atoms with van der Waals surface area (Å²) in [5.41, 5.74) is 2.91. The maximum atomic E-state index is 13.4. The molecule has 1 aliphatic heterocycles. The molecule has 0 bridgehead atoms. The number of imidazole rings is 1. The van der Waals surface area contributed by atoms with Gasteiger partial charge in [-0.15, -0.1) is 16.4 Å². The molecule has 7 rings (SSSR count). The topological polar surface area (TPSA) is 177 Å². The van der Waals surface area contributed by atoms with E-state index in [1.807, 2.05) is 0 Å². The lowest BCUT2D eigenvalue weighted by molar-refractivity contribution is 0.0448. The number of nitrogens with one attached hydrogen (secondary N) is 1. The van der Waals surface area contributed by atoms with E-state index in [0.29, 0.717) is 57.0 Å². The van der Waals surface area contributed by atoms with E-state index in [0.717, 1.165) is 5.56 Å². The number of esters is 1. The Morgan fingerprint density at radius 2 is 2.12 bits per heavy atom. The second-order valence-corrected chi connectivity index (χ2v) is 11.0. The number of hydrogen-bond donors (Lipinski definition) is 1. The SMILES string of the molecule is Cc1oc(=O)oc1COC(=O)c1cc(-c2cnc([C@@H]3CCc4nc(-c5cc(Cl)ccc5-n5cnnn5)cc(=O)n43)[nH]2)cs1. The number of rotatable bonds is 7. The van der Waals surface area contributed by atoms with Gasteiger partial charge in [0.05, 0.1) is 29.3 Å². The molecule has 1 aromatic carbocycles. The maximum Gasteiger partial charge on any atom is 0.519 e. The molecule has 1 atom stereocenters. The number of ether oxygens (including phenoxy) is 1. The van der Waals surface area contributed by atoms with Gasteiger partial charge in [0.1, 0.15) is 22.9 Å². The molecule has 14 nitrogen and oxygen atoms in total. The lowest BCUT2D eigenvalue weighted by Gasteiger charge is -2.14. The molecule has 1 N–H and O–H groups in total. The number of aromatic nitrogens is 8. The van der Waals surface area contributed by atoms with Crippen molar-refractivity contribution in [2.24, 2.45) is 0 Å². The first-order valence-electron chi connectivity index (χ1n) is 12.9. The van der Waals surface area contributed by atoms with E-state index in [-0.39, 0.29) is 29.7 Å². The quantitative estimate of drug-likeness (QED) is 0.258. The molecule has 6 aromatic rings. The van der Waals surface area contributed by atoms with Crippen LogP contribution in [0.15, 0.2) is 66.7 Å². The molecule has 5 aromatic heterocycles. The van der Waals surface area contributed by atoms with Crippen LogP contribution in [0.1, 0.15) is 45.3 Å². The zero-order valence-corrected chi connectivity index (χ0v) is 23.8. The standard InChI is InChI=1S/C27H19ClN8O6S/c1-13-21(42-27(39)41-13)10-40-26(38)22-6-14(11-43-22)18-9-29-25(32-18)20-4-5-23-31-17(8-24(37)36(20)23)16-7-15(28)2-3-19(16)35-12-30-33-34-35/h2-3,6-9,11-12,20H,4-5,10H2,1H3,(H,29,32)/t20-/m0/s1. The number of tetrazole rings is 1. The Morgan fingerprint density at radius 1 is 1.23 bits per heavy atom. The van der Waals surface area contributed by atoms with Crippen molar-refractivity contribution >= 4 is 28.9 Å². The van der Waals surface area contributed by atoms with Gasteiger partial charge in [-0.25, -0.2) is 19.6 Å². The van der Waals surface area contributed by atoms with E-state index < -0.39 is 11.8 Å². The highest BCUT2D eigenvalue weighted by Gasteiger charge is 2.29. The zero-order valence-electron chi connectivity index (χ0n) is 22.2. The van der Waals surface area contributed by atoms with E-state index in [9.17, 15) is 14.4 Å². The van der Waals surface area contributed by atoms with Crippen LogP contribution >= 0.6 is 22.9 Å². The third-order valence-corrected chi connectivity index (χ3v) is 8.15. The monoisotopic (exact) mass is 618 g/mol. The molecule has 16 heteroatoms. The largest absolute Gasteiger partial charge is 0.519 e. The highest BCUT2D eigenvalue weighted by Crippen LogP contribution is 2.33. The van der Waals surface area contributed by atoms with Gasteiger partial charge in [0.25, 0.3) is 5.56 Å². The molecular formula is C27H19ClN8O6S. The highest BCUT2D eigenvalue weighted by molar-refractivity contribution is 7.12. The van der Waals surface area contributed by atoms with Crippen molar-refractivity contribution in [3.63, 3.8) is 0 Å². The molecule has 216 valence electrons. The Balaban J connectivity index is 1.12. The summed E-state index contributed by atoms with van der Waals surface area (Å²) in [6.07, 6.45) is 4.30. The summed E-state index contributed by atoms with van der Waals surface area (Å²) in [7, 11) is 0. The Morgan fingerprint density at radius 3 is 2.91 bits per heavy atom. The first kappa shape index (κ1) is 26.7. The van der Waals surface area contributed by atoms with Crippen LogP contribution in [-0.2, 0) is 17.8 Å². The number of aryl methyl sites for hydroxylation is 2. The van der Waals surface area contributed by atoms with Gasteiger partial charge in [-0.05, 0) is 48.0 Å². The van der Waals surface area contributed by atoms with Gasteiger partial charge < -0.3 is 18.6 Å². The molecule has 1 aliphatic rings. The van der Waals surface area contributed by atoms with Crippen molar-refractivity contribution in [3.8, 4) is 28.2 Å². The van der Waals surface area contributed by atoms with E-state index >= 15 is 0 Å². The van der Waals surface area contributed by atoms with Crippen LogP contribution < -0.4 is 11.4 Å². The summed E-state index contributed by atoms with van der Waals surface area (Å²) in [6.45, 7) is 1.33. The second-order valence-electron chi connectivity index (χ2n) is 9.63. The predicted octanol–water partition coefficient (Wildman–Crippen LogP) is 3.74. The Hall–Kier alpha value is -5.15. The summed E-state index contributed by atoms with van der Waals surface area (Å²) in [5, 5.41) is 13.6. The summed E-state index contributed by atoms with van der Waals surface area (Å²) >= 11 is 7.48. The van der Waals surface area contributed by atoms with Gasteiger partial charge in [-0.2, -0.15) is 4.68 Å². The van der Waals surface area contributed by atoms with Crippen LogP contribution in [-0.4, -0.2) is 45.7 Å². The van der Waals surface area contributed by atoms with Crippen molar-refractivity contribution in [1.82, 2.24) is 39.7 Å². The van der Waals surface area contributed by atoms with Crippen LogP contribution in [0.4, 0.5) is 0 Å². The van der Waals surface area contributed by atoms with Crippen molar-refractivity contribution in [2.45, 2.75) is 32.4 Å². The molecule has 43 heavy (non-hydrogen) atoms. The molecule has 0 radical (unpaired) electrons. The molecule has 0 unspecified atom stereocenters. The van der Waals surface area contributed by atoms with Crippen molar-refractivity contribution < 1.29 is 18.4 Å². The van der Waals surface area contributed by atoms with Crippen molar-refractivity contribution in [1.29, 1.82) is 0 Å². The van der Waals surface area contributed by atoms with Gasteiger partial charge in [-0.3, -0.25) is 9.36 Å². The third kappa shape index (κ3) is 4.97. The van der Waals surface area contributed by atoms with Crippen LogP contribution in [0.5, 0.6) is 0 Å². The number of carbonyl (C=O) groups excluding carboxylic acids is 1. The van der Waals surface area contributed by atoms with Crippen molar-refractivity contribution in [2.75, 3.05) is 0 Å². The number of benzene rings is 1. The average Bonchev–Trinajstić information content (AvgIpc) is 3.81. The van der Waals surface area contributed by atoms with E-state index in [4.69, 9.17) is 30.2 Å². The molecule has 0 fully saturated rings. The fourth-order valence-corrected chi connectivity index (χ4v) is 5.94. The Bertz CT molecular complexity index is 2110. The first-order valence-corrected chi connectivity index (χ1v) is 14.2.